The van der Waals surface area contributed by atoms with Crippen molar-refractivity contribution in [3.8, 4) is 0 Å². The van der Waals surface area contributed by atoms with Crippen LogP contribution in [0.3, 0.4) is 0 Å². The second-order valence-corrected chi connectivity index (χ2v) is 2.66. The molecule has 1 rings (SSSR count). The minimum absolute atomic E-state index is 0.0209. The molecule has 1 aromatic rings. The molecule has 0 aromatic heterocycles. The number of esters is 1. The summed E-state index contributed by atoms with van der Waals surface area (Å²) in [4.78, 5) is 21.7. The van der Waals surface area contributed by atoms with Gasteiger partial charge in [-0.15, -0.1) is 0 Å². The van der Waals surface area contributed by atoms with Gasteiger partial charge in [0.15, 0.2) is 17.9 Å². The molecule has 5 heteroatoms. The summed E-state index contributed by atoms with van der Waals surface area (Å²) < 4.78 is 30.5. The van der Waals surface area contributed by atoms with Gasteiger partial charge in [-0.05, 0) is 19.1 Å². The lowest BCUT2D eigenvalue weighted by Crippen LogP contribution is -2.11. The average Bonchev–Trinajstić information content (AvgIpc) is 2.22. The van der Waals surface area contributed by atoms with Crippen molar-refractivity contribution >= 4 is 12.3 Å². The van der Waals surface area contributed by atoms with E-state index in [0.717, 1.165) is 12.1 Å². The lowest BCUT2D eigenvalue weighted by Gasteiger charge is -2.05. The zero-order valence-corrected chi connectivity index (χ0v) is 7.92. The Hall–Kier alpha value is -1.78. The molecule has 0 aliphatic carbocycles. The van der Waals surface area contributed by atoms with Crippen LogP contribution >= 0.6 is 0 Å². The van der Waals surface area contributed by atoms with E-state index in [9.17, 15) is 18.4 Å². The summed E-state index contributed by atoms with van der Waals surface area (Å²) >= 11 is 0. The van der Waals surface area contributed by atoms with Gasteiger partial charge in [0, 0.05) is 5.56 Å². The van der Waals surface area contributed by atoms with E-state index in [4.69, 9.17) is 0 Å². The zero-order chi connectivity index (χ0) is 11.4. The number of carbonyl (C=O) groups is 2. The summed E-state index contributed by atoms with van der Waals surface area (Å²) in [6.45, 7) is 1.54. The van der Waals surface area contributed by atoms with Crippen molar-refractivity contribution in [2.24, 2.45) is 0 Å². The first-order valence-corrected chi connectivity index (χ1v) is 4.22. The molecule has 0 fully saturated rings. The number of halogens is 2. The van der Waals surface area contributed by atoms with Gasteiger partial charge in [-0.3, -0.25) is 4.79 Å². The predicted molar refractivity (Wildman–Crippen MR) is 47.7 cm³/mol. The molecule has 3 nitrogen and oxygen atoms in total. The van der Waals surface area contributed by atoms with Crippen LogP contribution in [-0.2, 0) is 4.74 Å². The van der Waals surface area contributed by atoms with Gasteiger partial charge in [-0.1, -0.05) is 0 Å². The standard InChI is InChI=1S/C10H8F2O3/c1-2-15-10(14)8-6(5-13)3-4-7(11)9(8)12/h3-5H,2H2,1H3. The van der Waals surface area contributed by atoms with Crippen LogP contribution in [0.5, 0.6) is 0 Å². The number of carbonyl (C=O) groups excluding carboxylic acids is 2. The molecule has 0 radical (unpaired) electrons. The Bertz CT molecular complexity index is 402. The SMILES string of the molecule is CCOC(=O)c1c(C=O)ccc(F)c1F. The highest BCUT2D eigenvalue weighted by Crippen LogP contribution is 2.16. The van der Waals surface area contributed by atoms with Gasteiger partial charge in [0.25, 0.3) is 0 Å². The minimum Gasteiger partial charge on any atom is -0.462 e. The first-order chi connectivity index (χ1) is 7.11. The normalized spacial score (nSPS) is 9.80. The molecule has 0 unspecified atom stereocenters. The van der Waals surface area contributed by atoms with Gasteiger partial charge < -0.3 is 4.74 Å². The summed E-state index contributed by atoms with van der Waals surface area (Å²) in [5, 5.41) is 0. The van der Waals surface area contributed by atoms with Gasteiger partial charge in [-0.2, -0.15) is 0 Å². The minimum atomic E-state index is -1.36. The summed E-state index contributed by atoms with van der Waals surface area (Å²) in [5.74, 6) is -3.60. The Labute approximate surface area is 84.7 Å². The Morgan fingerprint density at radius 3 is 2.67 bits per heavy atom. The third kappa shape index (κ3) is 2.18. The van der Waals surface area contributed by atoms with Crippen molar-refractivity contribution in [3.63, 3.8) is 0 Å². The largest absolute Gasteiger partial charge is 0.462 e. The van der Waals surface area contributed by atoms with Crippen LogP contribution in [0.1, 0.15) is 27.6 Å². The maximum atomic E-state index is 13.2. The molecule has 0 amide bonds. The van der Waals surface area contributed by atoms with Crippen molar-refractivity contribution < 1.29 is 23.1 Å². The number of ether oxygens (including phenoxy) is 1. The van der Waals surface area contributed by atoms with Crippen molar-refractivity contribution in [1.29, 1.82) is 0 Å². The van der Waals surface area contributed by atoms with Crippen molar-refractivity contribution in [2.45, 2.75) is 6.92 Å². The fourth-order valence-electron chi connectivity index (χ4n) is 1.07. The highest BCUT2D eigenvalue weighted by Gasteiger charge is 2.20. The van der Waals surface area contributed by atoms with Gasteiger partial charge in [0.1, 0.15) is 5.56 Å². The van der Waals surface area contributed by atoms with E-state index >= 15 is 0 Å². The Morgan fingerprint density at radius 2 is 2.13 bits per heavy atom. The topological polar surface area (TPSA) is 43.4 Å². The molecule has 0 bridgehead atoms. The third-order valence-corrected chi connectivity index (χ3v) is 1.73. The van der Waals surface area contributed by atoms with Gasteiger partial charge >= 0.3 is 5.97 Å². The molecule has 1 aromatic carbocycles. The first-order valence-electron chi connectivity index (χ1n) is 4.22. The second-order valence-electron chi connectivity index (χ2n) is 2.66. The van der Waals surface area contributed by atoms with Crippen molar-refractivity contribution in [2.75, 3.05) is 6.61 Å². The number of benzene rings is 1. The third-order valence-electron chi connectivity index (χ3n) is 1.73. The lowest BCUT2D eigenvalue weighted by molar-refractivity contribution is 0.0517. The number of rotatable bonds is 3. The van der Waals surface area contributed by atoms with Crippen LogP contribution in [0.25, 0.3) is 0 Å². The summed E-state index contributed by atoms with van der Waals surface area (Å²) in [6, 6.07) is 1.81. The quantitative estimate of drug-likeness (QED) is 0.570. The molecular formula is C10H8F2O3. The van der Waals surface area contributed by atoms with E-state index in [0.29, 0.717) is 0 Å². The Balaban J connectivity index is 3.29. The molecule has 0 aliphatic rings. The Morgan fingerprint density at radius 1 is 1.47 bits per heavy atom. The van der Waals surface area contributed by atoms with Gasteiger partial charge in [0.05, 0.1) is 6.61 Å². The monoisotopic (exact) mass is 214 g/mol. The highest BCUT2D eigenvalue weighted by molar-refractivity contribution is 5.98. The van der Waals surface area contributed by atoms with E-state index < -0.39 is 23.2 Å². The van der Waals surface area contributed by atoms with Crippen LogP contribution in [0, 0.1) is 11.6 Å². The van der Waals surface area contributed by atoms with E-state index in [1.165, 1.54) is 6.92 Å². The number of hydrogen-bond acceptors (Lipinski definition) is 3. The predicted octanol–water partition coefficient (Wildman–Crippen LogP) is 1.95. The molecule has 0 saturated carbocycles. The molecule has 80 valence electrons. The van der Waals surface area contributed by atoms with Crippen LogP contribution in [0.4, 0.5) is 8.78 Å². The van der Waals surface area contributed by atoms with Crippen LogP contribution in [0.2, 0.25) is 0 Å². The highest BCUT2D eigenvalue weighted by atomic mass is 19.2. The maximum Gasteiger partial charge on any atom is 0.341 e. The van der Waals surface area contributed by atoms with Crippen molar-refractivity contribution in [1.82, 2.24) is 0 Å². The van der Waals surface area contributed by atoms with Gasteiger partial charge in [0.2, 0.25) is 0 Å². The van der Waals surface area contributed by atoms with E-state index in [2.05, 4.69) is 4.74 Å². The average molecular weight is 214 g/mol. The lowest BCUT2D eigenvalue weighted by atomic mass is 10.1. The Kier molecular flexibility index (Phi) is 3.49. The van der Waals surface area contributed by atoms with Crippen LogP contribution in [0.15, 0.2) is 12.1 Å². The molecular weight excluding hydrogens is 206 g/mol. The molecule has 0 atom stereocenters. The fourth-order valence-corrected chi connectivity index (χ4v) is 1.07. The molecule has 0 aliphatic heterocycles. The molecule has 0 spiro atoms. The molecule has 0 saturated heterocycles. The van der Waals surface area contributed by atoms with Crippen molar-refractivity contribution in [3.05, 3.63) is 34.9 Å². The summed E-state index contributed by atoms with van der Waals surface area (Å²) in [6.07, 6.45) is 0.273. The van der Waals surface area contributed by atoms with Crippen LogP contribution < -0.4 is 0 Å². The van der Waals surface area contributed by atoms with Crippen LogP contribution in [-0.4, -0.2) is 18.9 Å². The fraction of sp³-hybridized carbons (Fsp3) is 0.200. The molecule has 15 heavy (non-hydrogen) atoms. The summed E-state index contributed by atoms with van der Waals surface area (Å²) in [5.41, 5.74) is -0.890. The van der Waals surface area contributed by atoms with E-state index in [1.807, 2.05) is 0 Å². The second kappa shape index (κ2) is 4.63. The van der Waals surface area contributed by atoms with E-state index in [-0.39, 0.29) is 18.5 Å². The van der Waals surface area contributed by atoms with E-state index in [1.54, 1.807) is 0 Å². The molecule has 0 N–H and O–H groups in total. The molecule has 0 heterocycles. The number of hydrogen-bond donors (Lipinski definition) is 0. The van der Waals surface area contributed by atoms with Gasteiger partial charge in [-0.25, -0.2) is 13.6 Å². The number of aldehydes is 1. The smallest absolute Gasteiger partial charge is 0.341 e. The zero-order valence-electron chi connectivity index (χ0n) is 7.92. The summed E-state index contributed by atoms with van der Waals surface area (Å²) in [7, 11) is 0. The maximum absolute atomic E-state index is 13.2. The first kappa shape index (κ1) is 11.3.